The molecule has 1 aromatic carbocycles. The SMILES string of the molecule is CC1(C)Oc2ccc([N+](=O)[O-])cc2C(n2cccc(N)c2=O)C1O. The fourth-order valence-electron chi connectivity index (χ4n) is 2.92. The van der Waals surface area contributed by atoms with Gasteiger partial charge in [0.1, 0.15) is 17.5 Å². The lowest BCUT2D eigenvalue weighted by atomic mass is 9.86. The molecular formula is C16H17N3O5. The van der Waals surface area contributed by atoms with Crippen molar-refractivity contribution < 1.29 is 14.8 Å². The van der Waals surface area contributed by atoms with Crippen molar-refractivity contribution in [1.29, 1.82) is 0 Å². The molecule has 0 saturated carbocycles. The number of rotatable bonds is 2. The van der Waals surface area contributed by atoms with E-state index in [-0.39, 0.29) is 11.4 Å². The van der Waals surface area contributed by atoms with E-state index in [4.69, 9.17) is 10.5 Å². The maximum Gasteiger partial charge on any atom is 0.274 e. The molecular weight excluding hydrogens is 314 g/mol. The van der Waals surface area contributed by atoms with Gasteiger partial charge in [0.2, 0.25) is 0 Å². The van der Waals surface area contributed by atoms with E-state index in [1.54, 1.807) is 19.9 Å². The first kappa shape index (κ1) is 16.0. The van der Waals surface area contributed by atoms with Gasteiger partial charge >= 0.3 is 0 Å². The highest BCUT2D eigenvalue weighted by atomic mass is 16.6. The molecule has 0 spiro atoms. The molecule has 2 aromatic rings. The summed E-state index contributed by atoms with van der Waals surface area (Å²) in [6.07, 6.45) is 0.392. The van der Waals surface area contributed by atoms with Crippen LogP contribution in [0.25, 0.3) is 0 Å². The van der Waals surface area contributed by atoms with E-state index in [1.807, 2.05) is 0 Å². The van der Waals surface area contributed by atoms with E-state index in [9.17, 15) is 20.0 Å². The Balaban J connectivity index is 2.28. The number of pyridine rings is 1. The minimum Gasteiger partial charge on any atom is -0.485 e. The van der Waals surface area contributed by atoms with Gasteiger partial charge in [0.15, 0.2) is 0 Å². The number of nitro groups is 1. The van der Waals surface area contributed by atoms with E-state index >= 15 is 0 Å². The van der Waals surface area contributed by atoms with Crippen LogP contribution in [0.5, 0.6) is 5.75 Å². The zero-order chi connectivity index (χ0) is 17.6. The van der Waals surface area contributed by atoms with Crippen molar-refractivity contribution in [3.05, 3.63) is 62.6 Å². The average molecular weight is 331 g/mol. The number of anilines is 1. The van der Waals surface area contributed by atoms with Gasteiger partial charge in [0.05, 0.1) is 16.7 Å². The highest BCUT2D eigenvalue weighted by Crippen LogP contribution is 2.42. The van der Waals surface area contributed by atoms with Crippen LogP contribution in [0.4, 0.5) is 11.4 Å². The van der Waals surface area contributed by atoms with E-state index in [2.05, 4.69) is 0 Å². The van der Waals surface area contributed by atoms with Crippen molar-refractivity contribution in [2.45, 2.75) is 31.6 Å². The molecule has 1 aliphatic rings. The summed E-state index contributed by atoms with van der Waals surface area (Å²) in [4.78, 5) is 22.9. The number of aliphatic hydroxyl groups excluding tert-OH is 1. The number of nitrogens with two attached hydrogens (primary N) is 1. The molecule has 3 N–H and O–H groups in total. The summed E-state index contributed by atoms with van der Waals surface area (Å²) in [6, 6.07) is 6.32. The summed E-state index contributed by atoms with van der Waals surface area (Å²) in [7, 11) is 0. The Morgan fingerprint density at radius 2 is 2.08 bits per heavy atom. The van der Waals surface area contributed by atoms with Gasteiger partial charge in [-0.15, -0.1) is 0 Å². The third-order valence-electron chi connectivity index (χ3n) is 4.21. The van der Waals surface area contributed by atoms with Gasteiger partial charge in [-0.1, -0.05) is 0 Å². The maximum atomic E-state index is 12.4. The molecule has 3 rings (SSSR count). The number of non-ortho nitro benzene ring substituents is 1. The Bertz CT molecular complexity index is 874. The van der Waals surface area contributed by atoms with Gasteiger partial charge in [-0.2, -0.15) is 0 Å². The second-order valence-electron chi connectivity index (χ2n) is 6.25. The second kappa shape index (κ2) is 5.34. The number of ether oxygens (including phenoxy) is 1. The number of nitrogens with zero attached hydrogens (tertiary/aromatic N) is 2. The molecule has 1 aliphatic heterocycles. The first-order chi connectivity index (χ1) is 11.2. The van der Waals surface area contributed by atoms with E-state index in [0.717, 1.165) is 0 Å². The number of aromatic nitrogens is 1. The molecule has 2 atom stereocenters. The lowest BCUT2D eigenvalue weighted by molar-refractivity contribution is -0.385. The van der Waals surface area contributed by atoms with Gasteiger partial charge in [0, 0.05) is 23.9 Å². The van der Waals surface area contributed by atoms with Gasteiger partial charge in [-0.3, -0.25) is 14.9 Å². The topological polar surface area (TPSA) is 121 Å². The highest BCUT2D eigenvalue weighted by molar-refractivity contribution is 5.49. The van der Waals surface area contributed by atoms with E-state index < -0.39 is 28.2 Å². The summed E-state index contributed by atoms with van der Waals surface area (Å²) >= 11 is 0. The van der Waals surface area contributed by atoms with Crippen LogP contribution in [0.3, 0.4) is 0 Å². The summed E-state index contributed by atoms with van der Waals surface area (Å²) in [6.45, 7) is 3.37. The molecule has 2 heterocycles. The number of nitrogen functional groups attached to an aromatic ring is 1. The smallest absolute Gasteiger partial charge is 0.274 e. The highest BCUT2D eigenvalue weighted by Gasteiger charge is 2.44. The third kappa shape index (κ3) is 2.41. The van der Waals surface area contributed by atoms with Gasteiger partial charge < -0.3 is 20.1 Å². The zero-order valence-corrected chi connectivity index (χ0v) is 13.2. The molecule has 8 nitrogen and oxygen atoms in total. The van der Waals surface area contributed by atoms with E-state index in [0.29, 0.717) is 11.3 Å². The first-order valence-electron chi connectivity index (χ1n) is 7.34. The Morgan fingerprint density at radius 3 is 2.75 bits per heavy atom. The van der Waals surface area contributed by atoms with Crippen LogP contribution in [-0.2, 0) is 0 Å². The molecule has 126 valence electrons. The van der Waals surface area contributed by atoms with Crippen LogP contribution < -0.4 is 16.0 Å². The van der Waals surface area contributed by atoms with Crippen molar-refractivity contribution in [2.75, 3.05) is 5.73 Å². The third-order valence-corrected chi connectivity index (χ3v) is 4.21. The number of hydrogen-bond acceptors (Lipinski definition) is 6. The molecule has 24 heavy (non-hydrogen) atoms. The number of benzene rings is 1. The first-order valence-corrected chi connectivity index (χ1v) is 7.34. The van der Waals surface area contributed by atoms with Crippen LogP contribution >= 0.6 is 0 Å². The van der Waals surface area contributed by atoms with Crippen molar-refractivity contribution in [3.63, 3.8) is 0 Å². The minimum atomic E-state index is -1.11. The van der Waals surface area contributed by atoms with Gasteiger partial charge in [-0.25, -0.2) is 0 Å². The molecule has 2 unspecified atom stereocenters. The van der Waals surface area contributed by atoms with Crippen molar-refractivity contribution in [2.24, 2.45) is 0 Å². The predicted molar refractivity (Wildman–Crippen MR) is 87.1 cm³/mol. The summed E-state index contributed by atoms with van der Waals surface area (Å²) in [5.41, 5.74) is 4.47. The lowest BCUT2D eigenvalue weighted by Gasteiger charge is -2.42. The Hall–Kier alpha value is -2.87. The standard InChI is InChI=1S/C16H17N3O5/c1-16(2)14(20)13(18-7-3-4-11(17)15(18)21)10-8-9(19(22)23)5-6-12(10)24-16/h3-8,13-14,20H,17H2,1-2H3. The quantitative estimate of drug-likeness (QED) is 0.635. The maximum absolute atomic E-state index is 12.4. The number of nitro benzene ring substituents is 1. The fraction of sp³-hybridized carbons (Fsp3) is 0.312. The molecule has 0 bridgehead atoms. The largest absolute Gasteiger partial charge is 0.485 e. The van der Waals surface area contributed by atoms with Crippen LogP contribution in [0, 0.1) is 10.1 Å². The number of fused-ring (bicyclic) bond motifs is 1. The molecule has 8 heteroatoms. The molecule has 0 radical (unpaired) electrons. The van der Waals surface area contributed by atoms with Crippen molar-refractivity contribution in [3.8, 4) is 5.75 Å². The fourth-order valence-corrected chi connectivity index (χ4v) is 2.92. The Labute approximate surface area is 137 Å². The Morgan fingerprint density at radius 1 is 1.38 bits per heavy atom. The molecule has 0 fully saturated rings. The van der Waals surface area contributed by atoms with Crippen LogP contribution in [0.1, 0.15) is 25.5 Å². The van der Waals surface area contributed by atoms with Crippen LogP contribution in [0.15, 0.2) is 41.3 Å². The van der Waals surface area contributed by atoms with Gasteiger partial charge in [0.25, 0.3) is 11.2 Å². The summed E-state index contributed by atoms with van der Waals surface area (Å²) < 4.78 is 7.05. The van der Waals surface area contributed by atoms with E-state index in [1.165, 1.54) is 35.0 Å². The minimum absolute atomic E-state index is 0.0287. The number of aliphatic hydroxyl groups is 1. The lowest BCUT2D eigenvalue weighted by Crippen LogP contribution is -2.52. The van der Waals surface area contributed by atoms with Crippen molar-refractivity contribution in [1.82, 2.24) is 4.57 Å². The molecule has 0 saturated heterocycles. The predicted octanol–water partition coefficient (Wildman–Crippen LogP) is 1.46. The summed E-state index contributed by atoms with van der Waals surface area (Å²) in [5.74, 6) is 0.384. The molecule has 0 aliphatic carbocycles. The van der Waals surface area contributed by atoms with Gasteiger partial charge in [-0.05, 0) is 32.0 Å². The zero-order valence-electron chi connectivity index (χ0n) is 13.2. The van der Waals surface area contributed by atoms with Crippen LogP contribution in [-0.4, -0.2) is 26.3 Å². The number of hydrogen-bond donors (Lipinski definition) is 2. The second-order valence-corrected chi connectivity index (χ2v) is 6.25. The monoisotopic (exact) mass is 331 g/mol. The normalized spacial score (nSPS) is 21.6. The molecule has 0 amide bonds. The van der Waals surface area contributed by atoms with Crippen molar-refractivity contribution >= 4 is 11.4 Å². The average Bonchev–Trinajstić information content (AvgIpc) is 2.51. The summed E-state index contributed by atoms with van der Waals surface area (Å²) in [5, 5.41) is 21.8. The van der Waals surface area contributed by atoms with Crippen LogP contribution in [0.2, 0.25) is 0 Å². The Kier molecular flexibility index (Phi) is 3.56. The molecule has 1 aromatic heterocycles.